The number of nitrogens with two attached hydrogens (primary N) is 1. The standard InChI is InChI=1S/C16H24N2O2/c1-2-14(9-12-3-4-12)18-16(19)11-20-15-7-5-13(10-17)6-8-15/h5-8,12,14H,2-4,9-11,17H2,1H3,(H,18,19). The molecule has 1 aromatic carbocycles. The zero-order chi connectivity index (χ0) is 14.4. The first-order chi connectivity index (χ1) is 9.71. The number of ether oxygens (including phenoxy) is 1. The Labute approximate surface area is 120 Å². The zero-order valence-electron chi connectivity index (χ0n) is 12.1. The summed E-state index contributed by atoms with van der Waals surface area (Å²) in [6.07, 6.45) is 4.72. The van der Waals surface area contributed by atoms with Crippen molar-refractivity contribution < 1.29 is 9.53 Å². The van der Waals surface area contributed by atoms with Gasteiger partial charge >= 0.3 is 0 Å². The first-order valence-corrected chi connectivity index (χ1v) is 7.42. The molecule has 4 heteroatoms. The third-order valence-corrected chi connectivity index (χ3v) is 3.70. The Kier molecular flexibility index (Phi) is 5.41. The number of amides is 1. The van der Waals surface area contributed by atoms with Gasteiger partial charge in [-0.05, 0) is 36.5 Å². The minimum absolute atomic E-state index is 0.0413. The Hall–Kier alpha value is -1.55. The van der Waals surface area contributed by atoms with Crippen LogP contribution in [0.5, 0.6) is 5.75 Å². The van der Waals surface area contributed by atoms with Gasteiger partial charge in [0.25, 0.3) is 5.91 Å². The van der Waals surface area contributed by atoms with Crippen molar-refractivity contribution in [1.82, 2.24) is 5.32 Å². The zero-order valence-corrected chi connectivity index (χ0v) is 12.1. The summed E-state index contributed by atoms with van der Waals surface area (Å²) in [6.45, 7) is 2.70. The van der Waals surface area contributed by atoms with E-state index in [0.717, 1.165) is 24.3 Å². The highest BCUT2D eigenvalue weighted by Gasteiger charge is 2.25. The van der Waals surface area contributed by atoms with Crippen LogP contribution in [-0.4, -0.2) is 18.6 Å². The molecule has 0 bridgehead atoms. The molecule has 2 rings (SSSR count). The largest absolute Gasteiger partial charge is 0.484 e. The van der Waals surface area contributed by atoms with Crippen molar-refractivity contribution in [3.63, 3.8) is 0 Å². The van der Waals surface area contributed by atoms with E-state index in [2.05, 4.69) is 12.2 Å². The van der Waals surface area contributed by atoms with Crippen molar-refractivity contribution >= 4 is 5.91 Å². The summed E-state index contributed by atoms with van der Waals surface area (Å²) in [5.41, 5.74) is 6.59. The minimum Gasteiger partial charge on any atom is -0.484 e. The Morgan fingerprint density at radius 2 is 2.10 bits per heavy atom. The van der Waals surface area contributed by atoms with Crippen molar-refractivity contribution in [3.8, 4) is 5.75 Å². The summed E-state index contributed by atoms with van der Waals surface area (Å²) >= 11 is 0. The SMILES string of the molecule is CCC(CC1CC1)NC(=O)COc1ccc(CN)cc1. The fraction of sp³-hybridized carbons (Fsp3) is 0.562. The van der Waals surface area contributed by atoms with E-state index in [1.807, 2.05) is 24.3 Å². The highest BCUT2D eigenvalue weighted by molar-refractivity contribution is 5.77. The van der Waals surface area contributed by atoms with E-state index in [9.17, 15) is 4.79 Å². The molecule has 20 heavy (non-hydrogen) atoms. The van der Waals surface area contributed by atoms with E-state index in [1.165, 1.54) is 12.8 Å². The van der Waals surface area contributed by atoms with Gasteiger partial charge < -0.3 is 15.8 Å². The van der Waals surface area contributed by atoms with Crippen LogP contribution in [0.2, 0.25) is 0 Å². The quantitative estimate of drug-likeness (QED) is 0.765. The fourth-order valence-corrected chi connectivity index (χ4v) is 2.22. The van der Waals surface area contributed by atoms with Crippen LogP contribution in [0.1, 0.15) is 38.2 Å². The Morgan fingerprint density at radius 1 is 1.40 bits per heavy atom. The molecule has 110 valence electrons. The minimum atomic E-state index is -0.0413. The first kappa shape index (κ1) is 14.9. The van der Waals surface area contributed by atoms with Gasteiger partial charge in [-0.25, -0.2) is 0 Å². The van der Waals surface area contributed by atoms with Crippen LogP contribution in [0.25, 0.3) is 0 Å². The van der Waals surface area contributed by atoms with Crippen molar-refractivity contribution in [2.75, 3.05) is 6.61 Å². The summed E-state index contributed by atoms with van der Waals surface area (Å²) in [6, 6.07) is 7.80. The lowest BCUT2D eigenvalue weighted by Gasteiger charge is -2.16. The van der Waals surface area contributed by atoms with Crippen LogP contribution < -0.4 is 15.8 Å². The van der Waals surface area contributed by atoms with Crippen molar-refractivity contribution in [2.24, 2.45) is 11.7 Å². The third-order valence-electron chi connectivity index (χ3n) is 3.70. The molecule has 0 aromatic heterocycles. The van der Waals surface area contributed by atoms with E-state index in [0.29, 0.717) is 18.3 Å². The van der Waals surface area contributed by atoms with Gasteiger partial charge in [-0.2, -0.15) is 0 Å². The Morgan fingerprint density at radius 3 is 2.65 bits per heavy atom. The van der Waals surface area contributed by atoms with E-state index in [1.54, 1.807) is 0 Å². The molecular weight excluding hydrogens is 252 g/mol. The summed E-state index contributed by atoms with van der Waals surface area (Å²) in [7, 11) is 0. The molecule has 1 amide bonds. The first-order valence-electron chi connectivity index (χ1n) is 7.42. The average Bonchev–Trinajstić information content (AvgIpc) is 3.29. The molecule has 1 unspecified atom stereocenters. The van der Waals surface area contributed by atoms with Crippen molar-refractivity contribution in [3.05, 3.63) is 29.8 Å². The average molecular weight is 276 g/mol. The Balaban J connectivity index is 1.72. The predicted octanol–water partition coefficient (Wildman–Crippen LogP) is 2.22. The molecule has 1 aliphatic rings. The van der Waals surface area contributed by atoms with Crippen LogP contribution in [-0.2, 0) is 11.3 Å². The normalized spacial score (nSPS) is 15.7. The molecule has 0 radical (unpaired) electrons. The number of hydrogen-bond acceptors (Lipinski definition) is 3. The van der Waals surface area contributed by atoms with Crippen LogP contribution in [0, 0.1) is 5.92 Å². The van der Waals surface area contributed by atoms with Gasteiger partial charge in [0.2, 0.25) is 0 Å². The van der Waals surface area contributed by atoms with Gasteiger partial charge in [0, 0.05) is 12.6 Å². The maximum absolute atomic E-state index is 11.9. The number of rotatable bonds is 8. The maximum atomic E-state index is 11.9. The molecule has 1 aliphatic carbocycles. The van der Waals surface area contributed by atoms with Crippen molar-refractivity contribution in [1.29, 1.82) is 0 Å². The summed E-state index contributed by atoms with van der Waals surface area (Å²) in [4.78, 5) is 11.9. The summed E-state index contributed by atoms with van der Waals surface area (Å²) in [5, 5.41) is 3.05. The molecule has 1 saturated carbocycles. The highest BCUT2D eigenvalue weighted by Crippen LogP contribution is 2.33. The molecule has 1 atom stereocenters. The van der Waals surface area contributed by atoms with Crippen LogP contribution in [0.4, 0.5) is 0 Å². The lowest BCUT2D eigenvalue weighted by molar-refractivity contribution is -0.123. The van der Waals surface area contributed by atoms with Crippen LogP contribution in [0.15, 0.2) is 24.3 Å². The van der Waals surface area contributed by atoms with Crippen molar-refractivity contribution in [2.45, 2.75) is 45.2 Å². The summed E-state index contributed by atoms with van der Waals surface area (Å²) < 4.78 is 5.48. The lowest BCUT2D eigenvalue weighted by Crippen LogP contribution is -2.37. The smallest absolute Gasteiger partial charge is 0.258 e. The molecule has 4 nitrogen and oxygen atoms in total. The van der Waals surface area contributed by atoms with E-state index in [-0.39, 0.29) is 12.5 Å². The third kappa shape index (κ3) is 4.85. The van der Waals surface area contributed by atoms with Gasteiger partial charge in [0.1, 0.15) is 5.75 Å². The number of nitrogens with one attached hydrogen (secondary N) is 1. The second kappa shape index (κ2) is 7.29. The fourth-order valence-electron chi connectivity index (χ4n) is 2.22. The molecule has 0 heterocycles. The van der Waals surface area contributed by atoms with Gasteiger partial charge in [-0.1, -0.05) is 31.9 Å². The van der Waals surface area contributed by atoms with Crippen LogP contribution >= 0.6 is 0 Å². The number of carbonyl (C=O) groups is 1. The number of hydrogen-bond donors (Lipinski definition) is 2. The molecule has 0 saturated heterocycles. The molecule has 0 spiro atoms. The molecule has 1 fully saturated rings. The topological polar surface area (TPSA) is 64.3 Å². The predicted molar refractivity (Wildman–Crippen MR) is 79.4 cm³/mol. The van der Waals surface area contributed by atoms with E-state index < -0.39 is 0 Å². The van der Waals surface area contributed by atoms with Gasteiger partial charge in [-0.3, -0.25) is 4.79 Å². The lowest BCUT2D eigenvalue weighted by atomic mass is 10.1. The number of carbonyl (C=O) groups excluding carboxylic acids is 1. The molecule has 1 aromatic rings. The summed E-state index contributed by atoms with van der Waals surface area (Å²) in [5.74, 6) is 1.48. The monoisotopic (exact) mass is 276 g/mol. The van der Waals surface area contributed by atoms with E-state index in [4.69, 9.17) is 10.5 Å². The number of benzene rings is 1. The van der Waals surface area contributed by atoms with Gasteiger partial charge in [-0.15, -0.1) is 0 Å². The van der Waals surface area contributed by atoms with Gasteiger partial charge in [0.05, 0.1) is 0 Å². The Bertz CT molecular complexity index is 427. The van der Waals surface area contributed by atoms with Crippen LogP contribution in [0.3, 0.4) is 0 Å². The van der Waals surface area contributed by atoms with Gasteiger partial charge in [0.15, 0.2) is 6.61 Å². The second-order valence-electron chi connectivity index (χ2n) is 5.49. The van der Waals surface area contributed by atoms with E-state index >= 15 is 0 Å². The molecular formula is C16H24N2O2. The molecule has 0 aliphatic heterocycles. The maximum Gasteiger partial charge on any atom is 0.258 e. The highest BCUT2D eigenvalue weighted by atomic mass is 16.5. The second-order valence-corrected chi connectivity index (χ2v) is 5.49. The molecule has 3 N–H and O–H groups in total.